The predicted molar refractivity (Wildman–Crippen MR) is 77.0 cm³/mol. The second kappa shape index (κ2) is 6.45. The second-order valence-electron chi connectivity index (χ2n) is 5.02. The van der Waals surface area contributed by atoms with Gasteiger partial charge in [-0.15, -0.1) is 0 Å². The Bertz CT molecular complexity index is 697. The Hall–Kier alpha value is -1.93. The zero-order valence-corrected chi connectivity index (χ0v) is 12.9. The van der Waals surface area contributed by atoms with E-state index in [9.17, 15) is 18.0 Å². The first-order valence-electron chi connectivity index (χ1n) is 6.77. The van der Waals surface area contributed by atoms with Gasteiger partial charge in [-0.05, 0) is 37.5 Å². The zero-order chi connectivity index (χ0) is 16.3. The minimum atomic E-state index is -4.05. The SMILES string of the molecule is COc1ccc(C(=O)O[C@@H]2CCCCC2=O)cc1S(N)(=O)=O. The number of hydrogen-bond acceptors (Lipinski definition) is 6. The minimum Gasteiger partial charge on any atom is -0.495 e. The molecule has 1 saturated carbocycles. The van der Waals surface area contributed by atoms with Crippen LogP contribution in [0.15, 0.2) is 23.1 Å². The van der Waals surface area contributed by atoms with E-state index < -0.39 is 22.1 Å². The van der Waals surface area contributed by atoms with Crippen LogP contribution in [0.5, 0.6) is 5.75 Å². The molecule has 0 aliphatic heterocycles. The standard InChI is InChI=1S/C14H17NO6S/c1-20-12-7-6-9(8-13(12)22(15,18)19)14(17)21-11-5-3-2-4-10(11)16/h6-8,11H,2-5H2,1H3,(H2,15,18,19)/t11-/m1/s1. The monoisotopic (exact) mass is 327 g/mol. The maximum Gasteiger partial charge on any atom is 0.338 e. The van der Waals surface area contributed by atoms with Gasteiger partial charge >= 0.3 is 5.97 Å². The lowest BCUT2D eigenvalue weighted by Crippen LogP contribution is -2.30. The van der Waals surface area contributed by atoms with Crippen LogP contribution in [-0.4, -0.2) is 33.4 Å². The molecule has 2 N–H and O–H groups in total. The van der Waals surface area contributed by atoms with Crippen molar-refractivity contribution in [2.24, 2.45) is 5.14 Å². The van der Waals surface area contributed by atoms with Crippen LogP contribution in [0, 0.1) is 0 Å². The summed E-state index contributed by atoms with van der Waals surface area (Å²) >= 11 is 0. The van der Waals surface area contributed by atoms with E-state index in [1.807, 2.05) is 0 Å². The Morgan fingerprint density at radius 1 is 1.32 bits per heavy atom. The fourth-order valence-electron chi connectivity index (χ4n) is 2.30. The molecule has 0 aromatic heterocycles. The van der Waals surface area contributed by atoms with E-state index in [0.717, 1.165) is 18.9 Å². The molecular formula is C14H17NO6S. The molecule has 1 aromatic rings. The molecule has 0 spiro atoms. The molecule has 1 aliphatic carbocycles. The first-order chi connectivity index (χ1) is 10.3. The van der Waals surface area contributed by atoms with Crippen molar-refractivity contribution < 1.29 is 27.5 Å². The number of Topliss-reactive ketones (excluding diaryl/α,β-unsaturated/α-hetero) is 1. The molecule has 0 amide bonds. The van der Waals surface area contributed by atoms with Crippen molar-refractivity contribution in [1.29, 1.82) is 0 Å². The highest BCUT2D eigenvalue weighted by atomic mass is 32.2. The predicted octanol–water partition coefficient (Wildman–Crippen LogP) is 1.01. The lowest BCUT2D eigenvalue weighted by Gasteiger charge is -2.20. The number of esters is 1. The molecular weight excluding hydrogens is 310 g/mol. The van der Waals surface area contributed by atoms with Crippen molar-refractivity contribution >= 4 is 21.8 Å². The van der Waals surface area contributed by atoms with Crippen LogP contribution < -0.4 is 9.88 Å². The molecule has 0 unspecified atom stereocenters. The van der Waals surface area contributed by atoms with Crippen LogP contribution in [0.25, 0.3) is 0 Å². The third-order valence-electron chi connectivity index (χ3n) is 3.45. The molecule has 8 heteroatoms. The Kier molecular flexibility index (Phi) is 4.82. The average Bonchev–Trinajstić information content (AvgIpc) is 2.48. The number of nitrogens with two attached hydrogens (primary N) is 1. The van der Waals surface area contributed by atoms with Crippen molar-refractivity contribution in [2.75, 3.05) is 7.11 Å². The van der Waals surface area contributed by atoms with Crippen LogP contribution in [0.4, 0.5) is 0 Å². The normalized spacial score (nSPS) is 18.8. The number of rotatable bonds is 4. The van der Waals surface area contributed by atoms with E-state index in [4.69, 9.17) is 14.6 Å². The maximum atomic E-state index is 12.1. The summed E-state index contributed by atoms with van der Waals surface area (Å²) in [6.07, 6.45) is 1.73. The summed E-state index contributed by atoms with van der Waals surface area (Å²) in [6, 6.07) is 3.77. The number of methoxy groups -OCH3 is 1. The quantitative estimate of drug-likeness (QED) is 0.826. The number of sulfonamides is 1. The van der Waals surface area contributed by atoms with E-state index in [1.54, 1.807) is 0 Å². The van der Waals surface area contributed by atoms with E-state index in [2.05, 4.69) is 0 Å². The fraction of sp³-hybridized carbons (Fsp3) is 0.429. The van der Waals surface area contributed by atoms with Gasteiger partial charge in [0.1, 0.15) is 10.6 Å². The Balaban J connectivity index is 2.25. The molecule has 0 radical (unpaired) electrons. The lowest BCUT2D eigenvalue weighted by molar-refractivity contribution is -0.129. The third-order valence-corrected chi connectivity index (χ3v) is 4.39. The molecule has 2 rings (SSSR count). The van der Waals surface area contributed by atoms with Crippen molar-refractivity contribution in [3.63, 3.8) is 0 Å². The van der Waals surface area contributed by atoms with Gasteiger partial charge in [-0.3, -0.25) is 4.79 Å². The summed E-state index contributed by atoms with van der Waals surface area (Å²) in [7, 11) is -2.75. The number of primary sulfonamides is 1. The van der Waals surface area contributed by atoms with E-state index in [-0.39, 0.29) is 22.0 Å². The maximum absolute atomic E-state index is 12.1. The molecule has 1 fully saturated rings. The number of ketones is 1. The van der Waals surface area contributed by atoms with Crippen LogP contribution in [-0.2, 0) is 19.6 Å². The number of benzene rings is 1. The molecule has 120 valence electrons. The summed E-state index contributed by atoms with van der Waals surface area (Å²) in [5.41, 5.74) is 0.00296. The summed E-state index contributed by atoms with van der Waals surface area (Å²) in [5.74, 6) is -0.833. The molecule has 1 aliphatic rings. The summed E-state index contributed by atoms with van der Waals surface area (Å²) in [5, 5.41) is 5.09. The van der Waals surface area contributed by atoms with E-state index >= 15 is 0 Å². The first kappa shape index (κ1) is 16.4. The highest BCUT2D eigenvalue weighted by Crippen LogP contribution is 2.25. The van der Waals surface area contributed by atoms with Gasteiger partial charge in [0.15, 0.2) is 11.9 Å². The van der Waals surface area contributed by atoms with Crippen LogP contribution in [0.2, 0.25) is 0 Å². The van der Waals surface area contributed by atoms with Gasteiger partial charge in [0.05, 0.1) is 12.7 Å². The Morgan fingerprint density at radius 2 is 2.05 bits per heavy atom. The van der Waals surface area contributed by atoms with E-state index in [0.29, 0.717) is 12.8 Å². The molecule has 1 atom stereocenters. The highest BCUT2D eigenvalue weighted by Gasteiger charge is 2.27. The summed E-state index contributed by atoms with van der Waals surface area (Å²) in [6.45, 7) is 0. The van der Waals surface area contributed by atoms with Gasteiger partial charge in [0.25, 0.3) is 0 Å². The fourth-order valence-corrected chi connectivity index (χ4v) is 3.02. The van der Waals surface area contributed by atoms with Crippen molar-refractivity contribution in [3.8, 4) is 5.75 Å². The lowest BCUT2D eigenvalue weighted by atomic mass is 9.96. The summed E-state index contributed by atoms with van der Waals surface area (Å²) in [4.78, 5) is 23.5. The third kappa shape index (κ3) is 3.63. The Morgan fingerprint density at radius 3 is 2.64 bits per heavy atom. The smallest absolute Gasteiger partial charge is 0.338 e. The van der Waals surface area contributed by atoms with Gasteiger partial charge in [-0.25, -0.2) is 18.4 Å². The number of carbonyl (C=O) groups excluding carboxylic acids is 2. The summed E-state index contributed by atoms with van der Waals surface area (Å²) < 4.78 is 33.1. The van der Waals surface area contributed by atoms with Gasteiger partial charge < -0.3 is 9.47 Å². The number of hydrogen-bond donors (Lipinski definition) is 1. The molecule has 0 saturated heterocycles. The molecule has 1 aromatic carbocycles. The Labute approximate surface area is 128 Å². The minimum absolute atomic E-state index is 0.00296. The van der Waals surface area contributed by atoms with Crippen molar-refractivity contribution in [1.82, 2.24) is 0 Å². The van der Waals surface area contributed by atoms with Gasteiger partial charge in [-0.1, -0.05) is 0 Å². The largest absolute Gasteiger partial charge is 0.495 e. The van der Waals surface area contributed by atoms with Gasteiger partial charge in [0, 0.05) is 6.42 Å². The highest BCUT2D eigenvalue weighted by molar-refractivity contribution is 7.89. The molecule has 0 heterocycles. The molecule has 0 bridgehead atoms. The topological polar surface area (TPSA) is 113 Å². The van der Waals surface area contributed by atoms with E-state index in [1.165, 1.54) is 19.2 Å². The number of ether oxygens (including phenoxy) is 2. The zero-order valence-electron chi connectivity index (χ0n) is 12.1. The van der Waals surface area contributed by atoms with Crippen molar-refractivity contribution in [3.05, 3.63) is 23.8 Å². The second-order valence-corrected chi connectivity index (χ2v) is 6.55. The molecule has 7 nitrogen and oxygen atoms in total. The molecule has 22 heavy (non-hydrogen) atoms. The van der Waals surface area contributed by atoms with Gasteiger partial charge in [0.2, 0.25) is 10.0 Å². The van der Waals surface area contributed by atoms with Crippen LogP contribution in [0.1, 0.15) is 36.0 Å². The van der Waals surface area contributed by atoms with Crippen molar-refractivity contribution in [2.45, 2.75) is 36.7 Å². The van der Waals surface area contributed by atoms with Crippen LogP contribution in [0.3, 0.4) is 0 Å². The average molecular weight is 327 g/mol. The number of carbonyl (C=O) groups is 2. The first-order valence-corrected chi connectivity index (χ1v) is 8.32. The van der Waals surface area contributed by atoms with Crippen LogP contribution >= 0.6 is 0 Å². The van der Waals surface area contributed by atoms with Gasteiger partial charge in [-0.2, -0.15) is 0 Å².